The summed E-state index contributed by atoms with van der Waals surface area (Å²) in [6, 6.07) is 0. The van der Waals surface area contributed by atoms with E-state index in [1.807, 2.05) is 0 Å². The number of hydrogen-bond donors (Lipinski definition) is 1. The van der Waals surface area contributed by atoms with Gasteiger partial charge in [0.1, 0.15) is 0 Å². The summed E-state index contributed by atoms with van der Waals surface area (Å²) in [5, 5.41) is 0. The number of unbranched alkanes of at least 4 members (excludes halogenated alkanes) is 3. The summed E-state index contributed by atoms with van der Waals surface area (Å²) >= 11 is 2.36. The Kier molecular flexibility index (Phi) is 11.1. The molecule has 0 amide bonds. The van der Waals surface area contributed by atoms with Gasteiger partial charge in [0.25, 0.3) is 0 Å². The van der Waals surface area contributed by atoms with Gasteiger partial charge in [-0.25, -0.2) is 13.1 Å². The molecule has 6 heteroatoms. The molecular weight excluding hydrogens is 341 g/mol. The highest BCUT2D eigenvalue weighted by atomic mass is 127. The Labute approximate surface area is 113 Å². The molecule has 0 atom stereocenters. The number of rotatable bonds is 11. The zero-order valence-corrected chi connectivity index (χ0v) is 12.8. The van der Waals surface area contributed by atoms with Gasteiger partial charge in [-0.05, 0) is 23.7 Å². The number of halogens is 1. The van der Waals surface area contributed by atoms with Crippen LogP contribution in [0.5, 0.6) is 0 Å². The fourth-order valence-corrected chi connectivity index (χ4v) is 2.90. The number of hydrogen-bond acceptors (Lipinski definition) is 3. The lowest BCUT2D eigenvalue weighted by Gasteiger charge is -2.06. The van der Waals surface area contributed by atoms with Crippen LogP contribution in [0.15, 0.2) is 0 Å². The molecule has 0 aliphatic rings. The lowest BCUT2D eigenvalue weighted by molar-refractivity contribution is 0.199. The van der Waals surface area contributed by atoms with Crippen LogP contribution in [0.25, 0.3) is 0 Å². The van der Waals surface area contributed by atoms with Crippen molar-refractivity contribution in [3.05, 3.63) is 0 Å². The van der Waals surface area contributed by atoms with Crippen molar-refractivity contribution in [2.45, 2.75) is 32.1 Å². The van der Waals surface area contributed by atoms with Gasteiger partial charge in [-0.2, -0.15) is 0 Å². The van der Waals surface area contributed by atoms with Gasteiger partial charge >= 0.3 is 0 Å². The Hall–Kier alpha value is 0.600. The molecule has 0 rings (SSSR count). The van der Waals surface area contributed by atoms with Gasteiger partial charge in [-0.1, -0.05) is 35.4 Å². The Morgan fingerprint density at radius 3 is 2.44 bits per heavy atom. The normalized spacial score (nSPS) is 11.9. The zero-order chi connectivity index (χ0) is 12.3. The first-order valence-electron chi connectivity index (χ1n) is 5.64. The maximum Gasteiger partial charge on any atom is 0.211 e. The minimum atomic E-state index is -3.08. The van der Waals surface area contributed by atoms with Gasteiger partial charge in [-0.3, -0.25) is 0 Å². The quantitative estimate of drug-likeness (QED) is 0.347. The number of sulfonamides is 1. The van der Waals surface area contributed by atoms with E-state index in [2.05, 4.69) is 27.3 Å². The summed E-state index contributed by atoms with van der Waals surface area (Å²) in [5.41, 5.74) is 0. The van der Waals surface area contributed by atoms with Crippen LogP contribution in [-0.2, 0) is 14.8 Å². The molecule has 0 unspecified atom stereocenters. The lowest BCUT2D eigenvalue weighted by atomic mass is 10.2. The molecule has 16 heavy (non-hydrogen) atoms. The second kappa shape index (κ2) is 10.7. The van der Waals surface area contributed by atoms with Crippen LogP contribution in [-0.4, -0.2) is 38.9 Å². The lowest BCUT2D eigenvalue weighted by Crippen LogP contribution is -2.27. The third-order valence-corrected chi connectivity index (χ3v) is 4.38. The van der Waals surface area contributed by atoms with Gasteiger partial charge in [0, 0.05) is 20.3 Å². The molecule has 1 N–H and O–H groups in total. The predicted octanol–water partition coefficient (Wildman–Crippen LogP) is 1.94. The molecule has 0 aromatic rings. The smallest absolute Gasteiger partial charge is 0.211 e. The minimum Gasteiger partial charge on any atom is -0.385 e. The monoisotopic (exact) mass is 363 g/mol. The summed E-state index contributed by atoms with van der Waals surface area (Å²) < 4.78 is 31.5. The highest BCUT2D eigenvalue weighted by Crippen LogP contribution is 2.01. The highest BCUT2D eigenvalue weighted by molar-refractivity contribution is 14.1. The summed E-state index contributed by atoms with van der Waals surface area (Å²) in [7, 11) is -1.50. The Morgan fingerprint density at radius 2 is 1.81 bits per heavy atom. The highest BCUT2D eigenvalue weighted by Gasteiger charge is 2.08. The molecule has 0 spiro atoms. The Bertz CT molecular complexity index is 244. The second-order valence-electron chi connectivity index (χ2n) is 3.66. The van der Waals surface area contributed by atoms with Crippen LogP contribution in [0.4, 0.5) is 0 Å². The van der Waals surface area contributed by atoms with Gasteiger partial charge < -0.3 is 4.74 Å². The van der Waals surface area contributed by atoms with Crippen molar-refractivity contribution in [2.75, 3.05) is 30.4 Å². The fourth-order valence-electron chi connectivity index (χ4n) is 1.27. The molecule has 0 aromatic carbocycles. The first kappa shape index (κ1) is 16.6. The number of ether oxygens (including phenoxy) is 1. The van der Waals surface area contributed by atoms with Crippen molar-refractivity contribution in [3.8, 4) is 0 Å². The summed E-state index contributed by atoms with van der Waals surface area (Å²) in [4.78, 5) is 0. The van der Waals surface area contributed by atoms with Gasteiger partial charge in [-0.15, -0.1) is 0 Å². The maximum atomic E-state index is 11.4. The van der Waals surface area contributed by atoms with Crippen LogP contribution in [0.3, 0.4) is 0 Å². The van der Waals surface area contributed by atoms with E-state index in [4.69, 9.17) is 4.74 Å². The predicted molar refractivity (Wildman–Crippen MR) is 75.6 cm³/mol. The summed E-state index contributed by atoms with van der Waals surface area (Å²) in [5.74, 6) is 0.161. The van der Waals surface area contributed by atoms with Gasteiger partial charge in [0.2, 0.25) is 10.0 Å². The van der Waals surface area contributed by atoms with E-state index in [9.17, 15) is 8.42 Å². The average molecular weight is 363 g/mol. The largest absolute Gasteiger partial charge is 0.385 e. The Balaban J connectivity index is 3.43. The molecule has 0 heterocycles. The van der Waals surface area contributed by atoms with Crippen LogP contribution >= 0.6 is 22.6 Å². The van der Waals surface area contributed by atoms with Crippen LogP contribution in [0.2, 0.25) is 0 Å². The molecule has 0 radical (unpaired) electrons. The molecule has 0 aliphatic carbocycles. The van der Waals surface area contributed by atoms with Crippen molar-refractivity contribution in [2.24, 2.45) is 0 Å². The maximum absolute atomic E-state index is 11.4. The van der Waals surface area contributed by atoms with Crippen LogP contribution < -0.4 is 4.72 Å². The van der Waals surface area contributed by atoms with E-state index >= 15 is 0 Å². The molecule has 0 fully saturated rings. The zero-order valence-electron chi connectivity index (χ0n) is 9.87. The fraction of sp³-hybridized carbons (Fsp3) is 1.00. The third-order valence-electron chi connectivity index (χ3n) is 2.14. The van der Waals surface area contributed by atoms with Crippen molar-refractivity contribution >= 4 is 32.6 Å². The SMILES string of the molecule is COCCCS(=O)(=O)NCCCCCCI. The summed E-state index contributed by atoms with van der Waals surface area (Å²) in [6.45, 7) is 1.06. The molecule has 0 saturated carbocycles. The first-order valence-corrected chi connectivity index (χ1v) is 8.82. The van der Waals surface area contributed by atoms with Crippen LogP contribution in [0, 0.1) is 0 Å². The first-order chi connectivity index (χ1) is 7.62. The van der Waals surface area contributed by atoms with E-state index in [1.54, 1.807) is 7.11 Å². The topological polar surface area (TPSA) is 55.4 Å². The minimum absolute atomic E-state index is 0.161. The van der Waals surface area contributed by atoms with Gasteiger partial charge in [0.05, 0.1) is 5.75 Å². The second-order valence-corrected chi connectivity index (χ2v) is 6.67. The van der Waals surface area contributed by atoms with E-state index in [1.165, 1.54) is 17.3 Å². The average Bonchev–Trinajstić information content (AvgIpc) is 2.23. The van der Waals surface area contributed by atoms with Gasteiger partial charge in [0.15, 0.2) is 0 Å². The molecule has 4 nitrogen and oxygen atoms in total. The molecular formula is C10H22INO3S. The van der Waals surface area contributed by atoms with Crippen molar-refractivity contribution in [1.29, 1.82) is 0 Å². The van der Waals surface area contributed by atoms with Crippen molar-refractivity contribution in [3.63, 3.8) is 0 Å². The van der Waals surface area contributed by atoms with E-state index < -0.39 is 10.0 Å². The van der Waals surface area contributed by atoms with Crippen molar-refractivity contribution < 1.29 is 13.2 Å². The number of methoxy groups -OCH3 is 1. The Morgan fingerprint density at radius 1 is 1.12 bits per heavy atom. The standard InChI is InChI=1S/C10H22INO3S/c1-15-9-6-10-16(13,14)12-8-5-3-2-4-7-11/h12H,2-10H2,1H3. The van der Waals surface area contributed by atoms with E-state index in [0.717, 1.165) is 12.8 Å². The molecule has 0 aliphatic heterocycles. The molecule has 0 aromatic heterocycles. The molecule has 0 saturated heterocycles. The molecule has 0 bridgehead atoms. The van der Waals surface area contributed by atoms with E-state index in [0.29, 0.717) is 19.6 Å². The number of alkyl halides is 1. The van der Waals surface area contributed by atoms with E-state index in [-0.39, 0.29) is 5.75 Å². The molecule has 98 valence electrons. The summed E-state index contributed by atoms with van der Waals surface area (Å²) in [6.07, 6.45) is 5.00. The van der Waals surface area contributed by atoms with Crippen molar-refractivity contribution in [1.82, 2.24) is 4.72 Å². The number of nitrogens with one attached hydrogen (secondary N) is 1. The van der Waals surface area contributed by atoms with Crippen LogP contribution in [0.1, 0.15) is 32.1 Å². The third kappa shape index (κ3) is 11.1.